The molecule has 0 nitrogen and oxygen atoms in total. The van der Waals surface area contributed by atoms with E-state index in [9.17, 15) is 0 Å². The van der Waals surface area contributed by atoms with Crippen LogP contribution in [-0.4, -0.2) is 0 Å². The van der Waals surface area contributed by atoms with E-state index < -0.39 is 0 Å². The fourth-order valence-corrected chi connectivity index (χ4v) is 1.96. The van der Waals surface area contributed by atoms with Gasteiger partial charge in [-0.25, -0.2) is 0 Å². The number of rotatable bonds is 4. The molecule has 0 saturated carbocycles. The molecule has 1 heteroatoms. The topological polar surface area (TPSA) is 0 Å². The molecule has 0 bridgehead atoms. The van der Waals surface area contributed by atoms with E-state index in [1.54, 1.807) is 0 Å². The van der Waals surface area contributed by atoms with Crippen LogP contribution < -0.4 is 0 Å². The second kappa shape index (κ2) is 4.55. The molecule has 0 N–H and O–H groups in total. The summed E-state index contributed by atoms with van der Waals surface area (Å²) in [5, 5.41) is 0. The van der Waals surface area contributed by atoms with Crippen molar-refractivity contribution in [1.29, 1.82) is 0 Å². The van der Waals surface area contributed by atoms with Crippen LogP contribution in [0.3, 0.4) is 0 Å². The van der Waals surface area contributed by atoms with E-state index >= 15 is 0 Å². The van der Waals surface area contributed by atoms with E-state index in [1.807, 2.05) is 11.3 Å². The first-order valence-electron chi connectivity index (χ1n) is 4.23. The largest absolute Gasteiger partial charge is 0.145 e. The minimum absolute atomic E-state index is 1.19. The average Bonchev–Trinajstić information content (AvgIpc) is 2.37. The van der Waals surface area contributed by atoms with Crippen LogP contribution in [0, 0.1) is 6.92 Å². The van der Waals surface area contributed by atoms with Crippen LogP contribution in [0.5, 0.6) is 0 Å². The van der Waals surface area contributed by atoms with Crippen molar-refractivity contribution in [2.75, 3.05) is 0 Å². The molecule has 61 valence electrons. The Bertz CT molecular complexity index is 200. The summed E-state index contributed by atoms with van der Waals surface area (Å²) in [6.07, 6.45) is 5.23. The van der Waals surface area contributed by atoms with Gasteiger partial charge in [-0.15, -0.1) is 11.3 Å². The normalized spacial score (nSPS) is 10.4. The van der Waals surface area contributed by atoms with Gasteiger partial charge in [-0.05, 0) is 31.9 Å². The number of hydrogen-bond acceptors (Lipinski definition) is 1. The predicted molar refractivity (Wildman–Crippen MR) is 52.0 cm³/mol. The standard InChI is InChI=1S/C10H15S/c1-3-4-5-6-10-8-7-9(2)11-10/h7-8H,2-6H2,1H3. The number of aryl methyl sites for hydroxylation is 1. The Morgan fingerprint density at radius 2 is 2.18 bits per heavy atom. The van der Waals surface area contributed by atoms with Crippen LogP contribution in [0.1, 0.15) is 35.9 Å². The highest BCUT2D eigenvalue weighted by Crippen LogP contribution is 2.17. The van der Waals surface area contributed by atoms with Crippen molar-refractivity contribution in [2.45, 2.75) is 32.6 Å². The highest BCUT2D eigenvalue weighted by Gasteiger charge is 1.95. The summed E-state index contributed by atoms with van der Waals surface area (Å²) in [5.74, 6) is 0. The summed E-state index contributed by atoms with van der Waals surface area (Å²) in [6, 6.07) is 4.30. The van der Waals surface area contributed by atoms with E-state index in [4.69, 9.17) is 0 Å². The van der Waals surface area contributed by atoms with Crippen LogP contribution >= 0.6 is 11.3 Å². The lowest BCUT2D eigenvalue weighted by Crippen LogP contribution is -1.78. The lowest BCUT2D eigenvalue weighted by molar-refractivity contribution is 0.722. The maximum absolute atomic E-state index is 3.89. The first-order chi connectivity index (χ1) is 5.33. The molecule has 0 amide bonds. The van der Waals surface area contributed by atoms with Crippen LogP contribution in [0.2, 0.25) is 0 Å². The van der Waals surface area contributed by atoms with E-state index in [0.29, 0.717) is 0 Å². The molecule has 1 radical (unpaired) electrons. The summed E-state index contributed by atoms with van der Waals surface area (Å²) in [6.45, 7) is 6.13. The van der Waals surface area contributed by atoms with Gasteiger partial charge in [0.25, 0.3) is 0 Å². The monoisotopic (exact) mass is 167 g/mol. The fourth-order valence-electron chi connectivity index (χ4n) is 1.11. The molecule has 11 heavy (non-hydrogen) atoms. The number of hydrogen-bond donors (Lipinski definition) is 0. The van der Waals surface area contributed by atoms with Gasteiger partial charge in [0.2, 0.25) is 0 Å². The van der Waals surface area contributed by atoms with E-state index in [1.165, 1.54) is 35.4 Å². The quantitative estimate of drug-likeness (QED) is 0.600. The predicted octanol–water partition coefficient (Wildman–Crippen LogP) is 3.66. The SMILES string of the molecule is [CH2]c1ccc(CCCCC)s1. The second-order valence-corrected chi connectivity index (χ2v) is 4.08. The Kier molecular flexibility index (Phi) is 3.64. The van der Waals surface area contributed by atoms with Gasteiger partial charge in [0, 0.05) is 9.75 Å². The molecule has 1 aromatic rings. The van der Waals surface area contributed by atoms with E-state index in [0.717, 1.165) is 0 Å². The van der Waals surface area contributed by atoms with Crippen molar-refractivity contribution in [3.05, 3.63) is 28.8 Å². The third kappa shape index (κ3) is 3.06. The maximum Gasteiger partial charge on any atom is 0.00517 e. The highest BCUT2D eigenvalue weighted by molar-refractivity contribution is 7.12. The third-order valence-electron chi connectivity index (χ3n) is 1.74. The van der Waals surface area contributed by atoms with Gasteiger partial charge in [-0.3, -0.25) is 0 Å². The Balaban J connectivity index is 2.27. The number of unbranched alkanes of at least 4 members (excludes halogenated alkanes) is 2. The smallest absolute Gasteiger partial charge is 0.00517 e. The molecule has 1 rings (SSSR count). The summed E-state index contributed by atoms with van der Waals surface area (Å²) in [5.41, 5.74) is 0. The first-order valence-corrected chi connectivity index (χ1v) is 5.05. The molecule has 0 aliphatic rings. The molecular weight excluding hydrogens is 152 g/mol. The minimum Gasteiger partial charge on any atom is -0.145 e. The molecule has 0 saturated heterocycles. The van der Waals surface area contributed by atoms with Gasteiger partial charge in [-0.1, -0.05) is 19.8 Å². The molecule has 0 fully saturated rings. The zero-order valence-electron chi connectivity index (χ0n) is 7.10. The fraction of sp³-hybridized carbons (Fsp3) is 0.500. The lowest BCUT2D eigenvalue weighted by atomic mass is 10.2. The summed E-state index contributed by atoms with van der Waals surface area (Å²) >= 11 is 1.83. The second-order valence-electron chi connectivity index (χ2n) is 2.83. The van der Waals surface area contributed by atoms with Crippen molar-refractivity contribution in [1.82, 2.24) is 0 Å². The van der Waals surface area contributed by atoms with Crippen LogP contribution in [-0.2, 0) is 6.42 Å². The Hall–Kier alpha value is -0.300. The van der Waals surface area contributed by atoms with Gasteiger partial charge in [0.15, 0.2) is 0 Å². The summed E-state index contributed by atoms with van der Waals surface area (Å²) in [4.78, 5) is 2.68. The van der Waals surface area contributed by atoms with Crippen molar-refractivity contribution >= 4 is 11.3 Å². The van der Waals surface area contributed by atoms with Crippen molar-refractivity contribution in [3.63, 3.8) is 0 Å². The van der Waals surface area contributed by atoms with Crippen molar-refractivity contribution < 1.29 is 0 Å². The lowest BCUT2D eigenvalue weighted by Gasteiger charge is -1.93. The molecule has 1 heterocycles. The molecule has 0 aromatic carbocycles. The van der Waals surface area contributed by atoms with Crippen LogP contribution in [0.25, 0.3) is 0 Å². The molecule has 0 aliphatic carbocycles. The van der Waals surface area contributed by atoms with Gasteiger partial charge in [0.1, 0.15) is 0 Å². The Morgan fingerprint density at radius 3 is 2.73 bits per heavy atom. The molecule has 0 aliphatic heterocycles. The Labute approximate surface area is 73.3 Å². The van der Waals surface area contributed by atoms with Gasteiger partial charge in [0.05, 0.1) is 0 Å². The van der Waals surface area contributed by atoms with Crippen LogP contribution in [0.4, 0.5) is 0 Å². The van der Waals surface area contributed by atoms with Gasteiger partial charge >= 0.3 is 0 Å². The third-order valence-corrected chi connectivity index (χ3v) is 2.74. The molecule has 0 unspecified atom stereocenters. The summed E-state index contributed by atoms with van der Waals surface area (Å²) < 4.78 is 0. The Morgan fingerprint density at radius 1 is 1.36 bits per heavy atom. The molecule has 0 atom stereocenters. The van der Waals surface area contributed by atoms with Gasteiger partial charge < -0.3 is 0 Å². The molecular formula is C10H15S. The maximum atomic E-state index is 3.89. The summed E-state index contributed by atoms with van der Waals surface area (Å²) in [7, 11) is 0. The highest BCUT2D eigenvalue weighted by atomic mass is 32.1. The van der Waals surface area contributed by atoms with Crippen molar-refractivity contribution in [3.8, 4) is 0 Å². The zero-order valence-corrected chi connectivity index (χ0v) is 7.91. The van der Waals surface area contributed by atoms with Crippen LogP contribution in [0.15, 0.2) is 12.1 Å². The number of thiophene rings is 1. The molecule has 0 spiro atoms. The first kappa shape index (κ1) is 8.79. The zero-order chi connectivity index (χ0) is 8.10. The van der Waals surface area contributed by atoms with Gasteiger partial charge in [-0.2, -0.15) is 0 Å². The van der Waals surface area contributed by atoms with E-state index in [-0.39, 0.29) is 0 Å². The van der Waals surface area contributed by atoms with E-state index in [2.05, 4.69) is 26.0 Å². The van der Waals surface area contributed by atoms with Crippen molar-refractivity contribution in [2.24, 2.45) is 0 Å². The average molecular weight is 167 g/mol. The molecule has 1 aromatic heterocycles. The minimum atomic E-state index is 1.19.